The molecule has 0 spiro atoms. The second-order valence-corrected chi connectivity index (χ2v) is 6.23. The van der Waals surface area contributed by atoms with Gasteiger partial charge in [0.05, 0.1) is 5.56 Å². The first-order chi connectivity index (χ1) is 14.1. The van der Waals surface area contributed by atoms with E-state index in [4.69, 9.17) is 4.74 Å². The molecule has 150 valence electrons. The van der Waals surface area contributed by atoms with Crippen LogP contribution < -0.4 is 14.8 Å². The highest BCUT2D eigenvalue weighted by Gasteiger charge is 2.10. The van der Waals surface area contributed by atoms with E-state index >= 15 is 0 Å². The van der Waals surface area contributed by atoms with Gasteiger partial charge in [-0.15, -0.1) is 0 Å². The monoisotopic (exact) mass is 399 g/mol. The molecule has 0 aromatic heterocycles. The van der Waals surface area contributed by atoms with Crippen molar-refractivity contribution in [1.29, 1.82) is 0 Å². The second-order valence-electron chi connectivity index (χ2n) is 6.23. The zero-order chi connectivity index (χ0) is 20.6. The van der Waals surface area contributed by atoms with Crippen LogP contribution in [0.1, 0.15) is 15.9 Å². The van der Waals surface area contributed by atoms with E-state index in [1.165, 1.54) is 12.1 Å². The van der Waals surface area contributed by atoms with Gasteiger partial charge in [0, 0.05) is 6.54 Å². The Kier molecular flexibility index (Phi) is 6.73. The maximum Gasteiger partial charge on any atom is 0.387 e. The fraction of sp³-hybridized carbons (Fsp3) is 0.182. The SMILES string of the molecule is O=Cc1c(OCC(=O)NCCc2ccc(OC(F)F)cc2)ccc2ccccc12. The number of amides is 1. The van der Waals surface area contributed by atoms with Gasteiger partial charge in [0.1, 0.15) is 11.5 Å². The highest BCUT2D eigenvalue weighted by atomic mass is 19.3. The molecule has 0 heterocycles. The van der Waals surface area contributed by atoms with Gasteiger partial charge in [-0.25, -0.2) is 0 Å². The van der Waals surface area contributed by atoms with Crippen LogP contribution in [0, 0.1) is 0 Å². The summed E-state index contributed by atoms with van der Waals surface area (Å²) in [7, 11) is 0. The molecule has 5 nitrogen and oxygen atoms in total. The fourth-order valence-corrected chi connectivity index (χ4v) is 2.90. The predicted octanol–water partition coefficient (Wildman–Crippen LogP) is 3.99. The molecule has 0 aliphatic rings. The number of alkyl halides is 2. The minimum atomic E-state index is -2.86. The predicted molar refractivity (Wildman–Crippen MR) is 105 cm³/mol. The molecule has 0 radical (unpaired) electrons. The molecule has 0 saturated carbocycles. The van der Waals surface area contributed by atoms with E-state index in [1.54, 1.807) is 18.2 Å². The Bertz CT molecular complexity index is 990. The minimum absolute atomic E-state index is 0.0857. The van der Waals surface area contributed by atoms with Gasteiger partial charge in [0.2, 0.25) is 0 Å². The van der Waals surface area contributed by atoms with Crippen LogP contribution in [0.3, 0.4) is 0 Å². The molecule has 0 unspecified atom stereocenters. The summed E-state index contributed by atoms with van der Waals surface area (Å²) in [6, 6.07) is 17.1. The largest absolute Gasteiger partial charge is 0.483 e. The van der Waals surface area contributed by atoms with Crippen molar-refractivity contribution in [2.45, 2.75) is 13.0 Å². The zero-order valence-corrected chi connectivity index (χ0v) is 15.4. The lowest BCUT2D eigenvalue weighted by molar-refractivity contribution is -0.123. The lowest BCUT2D eigenvalue weighted by Gasteiger charge is -2.11. The van der Waals surface area contributed by atoms with E-state index in [0.29, 0.717) is 24.3 Å². The number of hydrogen-bond donors (Lipinski definition) is 1. The Morgan fingerprint density at radius 1 is 1.03 bits per heavy atom. The number of ether oxygens (including phenoxy) is 2. The van der Waals surface area contributed by atoms with Gasteiger partial charge in [-0.3, -0.25) is 9.59 Å². The molecule has 0 saturated heterocycles. The fourth-order valence-electron chi connectivity index (χ4n) is 2.90. The Morgan fingerprint density at radius 3 is 2.52 bits per heavy atom. The van der Waals surface area contributed by atoms with E-state index in [2.05, 4.69) is 10.1 Å². The summed E-state index contributed by atoms with van der Waals surface area (Å²) in [5.74, 6) is 0.110. The van der Waals surface area contributed by atoms with Gasteiger partial charge >= 0.3 is 6.61 Å². The molecule has 0 aliphatic carbocycles. The van der Waals surface area contributed by atoms with Gasteiger partial charge in [-0.05, 0) is 41.0 Å². The van der Waals surface area contributed by atoms with Crippen LogP contribution in [0.4, 0.5) is 8.78 Å². The standard InChI is InChI=1S/C22H19F2NO4/c23-22(24)29-17-8-5-15(6-9-17)11-12-25-21(27)14-28-20-10-7-16-3-1-2-4-18(16)19(20)13-26/h1-10,13,22H,11-12,14H2,(H,25,27). The van der Waals surface area contributed by atoms with E-state index < -0.39 is 6.61 Å². The first-order valence-electron chi connectivity index (χ1n) is 8.97. The van der Waals surface area contributed by atoms with Crippen molar-refractivity contribution < 1.29 is 27.8 Å². The van der Waals surface area contributed by atoms with Crippen LogP contribution in [-0.4, -0.2) is 32.0 Å². The number of benzene rings is 3. The molecule has 1 amide bonds. The lowest BCUT2D eigenvalue weighted by Crippen LogP contribution is -2.30. The number of fused-ring (bicyclic) bond motifs is 1. The van der Waals surface area contributed by atoms with Crippen LogP contribution in [0.15, 0.2) is 60.7 Å². The van der Waals surface area contributed by atoms with Crippen LogP contribution in [0.25, 0.3) is 10.8 Å². The third kappa shape index (κ3) is 5.51. The average Bonchev–Trinajstić information content (AvgIpc) is 2.72. The quantitative estimate of drug-likeness (QED) is 0.553. The molecule has 3 aromatic carbocycles. The Hall–Kier alpha value is -3.48. The molecular formula is C22H19F2NO4. The van der Waals surface area contributed by atoms with Crippen molar-refractivity contribution in [3.8, 4) is 11.5 Å². The summed E-state index contributed by atoms with van der Waals surface area (Å²) in [5, 5.41) is 4.40. The molecule has 0 atom stereocenters. The number of aldehydes is 1. The maximum absolute atomic E-state index is 12.1. The van der Waals surface area contributed by atoms with E-state index in [-0.39, 0.29) is 18.3 Å². The molecule has 0 fully saturated rings. The topological polar surface area (TPSA) is 64.6 Å². The van der Waals surface area contributed by atoms with Crippen molar-refractivity contribution in [2.24, 2.45) is 0 Å². The highest BCUT2D eigenvalue weighted by molar-refractivity contribution is 6.00. The first kappa shape index (κ1) is 20.3. The van der Waals surface area contributed by atoms with Gasteiger partial charge in [-0.1, -0.05) is 42.5 Å². The number of hydrogen-bond acceptors (Lipinski definition) is 4. The van der Waals surface area contributed by atoms with E-state index in [0.717, 1.165) is 22.6 Å². The van der Waals surface area contributed by atoms with E-state index in [1.807, 2.05) is 30.3 Å². The van der Waals surface area contributed by atoms with Crippen molar-refractivity contribution >= 4 is 23.0 Å². The van der Waals surface area contributed by atoms with Crippen molar-refractivity contribution in [1.82, 2.24) is 5.32 Å². The van der Waals surface area contributed by atoms with Crippen molar-refractivity contribution in [2.75, 3.05) is 13.2 Å². The smallest absolute Gasteiger partial charge is 0.387 e. The summed E-state index contributed by atoms with van der Waals surface area (Å²) >= 11 is 0. The average molecular weight is 399 g/mol. The number of nitrogens with one attached hydrogen (secondary N) is 1. The third-order valence-corrected chi connectivity index (χ3v) is 4.29. The van der Waals surface area contributed by atoms with Crippen LogP contribution in [-0.2, 0) is 11.2 Å². The Labute approximate surface area is 166 Å². The number of carbonyl (C=O) groups excluding carboxylic acids is 2. The van der Waals surface area contributed by atoms with Crippen LogP contribution >= 0.6 is 0 Å². The number of halogens is 2. The summed E-state index contributed by atoms with van der Waals surface area (Å²) < 4.78 is 34.1. The van der Waals surface area contributed by atoms with Gasteiger partial charge in [0.15, 0.2) is 12.9 Å². The number of carbonyl (C=O) groups is 2. The molecule has 29 heavy (non-hydrogen) atoms. The third-order valence-electron chi connectivity index (χ3n) is 4.29. The molecule has 3 rings (SSSR count). The second kappa shape index (κ2) is 9.64. The highest BCUT2D eigenvalue weighted by Crippen LogP contribution is 2.26. The van der Waals surface area contributed by atoms with Crippen molar-refractivity contribution in [3.05, 3.63) is 71.8 Å². The molecule has 3 aromatic rings. The first-order valence-corrected chi connectivity index (χ1v) is 8.97. The molecule has 1 N–H and O–H groups in total. The minimum Gasteiger partial charge on any atom is -0.483 e. The normalized spacial score (nSPS) is 10.7. The van der Waals surface area contributed by atoms with Crippen molar-refractivity contribution in [3.63, 3.8) is 0 Å². The van der Waals surface area contributed by atoms with Crippen LogP contribution in [0.5, 0.6) is 11.5 Å². The lowest BCUT2D eigenvalue weighted by atomic mass is 10.0. The molecule has 7 heteroatoms. The summed E-state index contributed by atoms with van der Waals surface area (Å²) in [6.45, 7) is -2.72. The summed E-state index contributed by atoms with van der Waals surface area (Å²) in [6.07, 6.45) is 1.24. The number of rotatable bonds is 9. The maximum atomic E-state index is 12.1. The van der Waals surface area contributed by atoms with Gasteiger partial charge in [-0.2, -0.15) is 8.78 Å². The molecular weight excluding hydrogens is 380 g/mol. The van der Waals surface area contributed by atoms with Crippen LogP contribution in [0.2, 0.25) is 0 Å². The zero-order valence-electron chi connectivity index (χ0n) is 15.4. The Balaban J connectivity index is 1.49. The van der Waals surface area contributed by atoms with Gasteiger partial charge in [0.25, 0.3) is 5.91 Å². The Morgan fingerprint density at radius 2 is 1.79 bits per heavy atom. The summed E-state index contributed by atoms with van der Waals surface area (Å²) in [5.41, 5.74) is 1.27. The molecule has 0 bridgehead atoms. The molecule has 0 aliphatic heterocycles. The summed E-state index contributed by atoms with van der Waals surface area (Å²) in [4.78, 5) is 23.5. The van der Waals surface area contributed by atoms with Gasteiger partial charge < -0.3 is 14.8 Å². The van der Waals surface area contributed by atoms with E-state index in [9.17, 15) is 18.4 Å².